The smallest absolute Gasteiger partial charge is 0.0132 e. The summed E-state index contributed by atoms with van der Waals surface area (Å²) in [5, 5.41) is 0. The van der Waals surface area contributed by atoms with Crippen molar-refractivity contribution in [3.8, 4) is 0 Å². The highest BCUT2D eigenvalue weighted by molar-refractivity contribution is 5.30. The summed E-state index contributed by atoms with van der Waals surface area (Å²) in [7, 11) is 0. The lowest BCUT2D eigenvalue weighted by Crippen LogP contribution is -2.14. The molecule has 0 aliphatic rings. The van der Waals surface area contributed by atoms with Gasteiger partial charge in [-0.05, 0) is 22.0 Å². The van der Waals surface area contributed by atoms with Gasteiger partial charge in [-0.3, -0.25) is 0 Å². The van der Waals surface area contributed by atoms with Crippen molar-refractivity contribution in [1.29, 1.82) is 0 Å². The van der Waals surface area contributed by atoms with E-state index in [1.807, 2.05) is 13.8 Å². The van der Waals surface area contributed by atoms with Crippen molar-refractivity contribution in [3.05, 3.63) is 35.4 Å². The lowest BCUT2D eigenvalue weighted by Gasteiger charge is -2.23. The van der Waals surface area contributed by atoms with Crippen LogP contribution in [-0.2, 0) is 10.8 Å². The number of benzene rings is 1. The molecule has 0 heterocycles. The van der Waals surface area contributed by atoms with Crippen LogP contribution in [0.4, 0.5) is 0 Å². The van der Waals surface area contributed by atoms with Crippen LogP contribution in [0.3, 0.4) is 0 Å². The van der Waals surface area contributed by atoms with E-state index in [1.54, 1.807) is 0 Å². The maximum atomic E-state index is 2.25. The molecule has 0 nitrogen and oxygen atoms in total. The summed E-state index contributed by atoms with van der Waals surface area (Å²) in [6.07, 6.45) is 0. The van der Waals surface area contributed by atoms with Crippen molar-refractivity contribution in [2.75, 3.05) is 0 Å². The van der Waals surface area contributed by atoms with Crippen molar-refractivity contribution in [3.63, 3.8) is 0 Å². The van der Waals surface area contributed by atoms with Gasteiger partial charge in [0.15, 0.2) is 0 Å². The summed E-state index contributed by atoms with van der Waals surface area (Å²) in [5.74, 6) is 0. The molecule has 0 aromatic heterocycles. The summed E-state index contributed by atoms with van der Waals surface area (Å²) in [6.45, 7) is 17.5. The molecule has 0 aliphatic carbocycles. The lowest BCUT2D eigenvalue weighted by atomic mass is 9.82. The van der Waals surface area contributed by atoms with Gasteiger partial charge < -0.3 is 0 Å². The molecule has 100 valence electrons. The zero-order chi connectivity index (χ0) is 13.0. The summed E-state index contributed by atoms with van der Waals surface area (Å²) in [4.78, 5) is 0. The second kappa shape index (κ2) is 6.83. The Morgan fingerprint density at radius 3 is 0.882 bits per heavy atom. The van der Waals surface area contributed by atoms with E-state index in [4.69, 9.17) is 0 Å². The average Bonchev–Trinajstić information content (AvgIpc) is 2.18. The summed E-state index contributed by atoms with van der Waals surface area (Å²) >= 11 is 0. The molecule has 0 heteroatoms. The first-order valence-electron chi connectivity index (χ1n) is 6.32. The molecule has 0 aliphatic heterocycles. The molecule has 0 saturated heterocycles. The topological polar surface area (TPSA) is 0 Å². The highest BCUT2D eigenvalue weighted by Gasteiger charge is 2.16. The van der Waals surface area contributed by atoms with Crippen LogP contribution in [0.15, 0.2) is 24.3 Å². The van der Waals surface area contributed by atoms with Crippen LogP contribution in [0.1, 0.15) is 73.9 Å². The fourth-order valence-corrected chi connectivity index (χ4v) is 1.47. The van der Waals surface area contributed by atoms with Gasteiger partial charge in [0.1, 0.15) is 0 Å². The van der Waals surface area contributed by atoms with E-state index >= 15 is 0 Å². The molecule has 0 radical (unpaired) electrons. The fourth-order valence-electron chi connectivity index (χ4n) is 1.47. The first-order valence-corrected chi connectivity index (χ1v) is 6.32. The van der Waals surface area contributed by atoms with E-state index < -0.39 is 0 Å². The monoisotopic (exact) mass is 236 g/mol. The SMILES string of the molecule is C.CC.CC(C)(C)c1ccc(C(C)(C)C)cc1. The zero-order valence-corrected chi connectivity index (χ0v) is 12.3. The molecule has 0 spiro atoms. The summed E-state index contributed by atoms with van der Waals surface area (Å²) < 4.78 is 0. The second-order valence-corrected chi connectivity index (χ2v) is 6.08. The predicted molar refractivity (Wildman–Crippen MR) is 81.9 cm³/mol. The predicted octanol–water partition coefficient (Wildman–Crippen LogP) is 5.94. The molecule has 1 aromatic rings. The minimum Gasteiger partial charge on any atom is -0.0776 e. The summed E-state index contributed by atoms with van der Waals surface area (Å²) in [5.41, 5.74) is 3.34. The van der Waals surface area contributed by atoms with Crippen LogP contribution in [0, 0.1) is 0 Å². The van der Waals surface area contributed by atoms with Crippen LogP contribution in [-0.4, -0.2) is 0 Å². The average molecular weight is 236 g/mol. The van der Waals surface area contributed by atoms with E-state index in [0.717, 1.165) is 0 Å². The van der Waals surface area contributed by atoms with Crippen molar-refractivity contribution in [1.82, 2.24) is 0 Å². The normalized spacial score (nSPS) is 11.1. The lowest BCUT2D eigenvalue weighted by molar-refractivity contribution is 0.577. The van der Waals surface area contributed by atoms with Gasteiger partial charge in [0, 0.05) is 0 Å². The van der Waals surface area contributed by atoms with E-state index in [-0.39, 0.29) is 18.3 Å². The molecule has 1 rings (SSSR count). The molecule has 17 heavy (non-hydrogen) atoms. The van der Waals surface area contributed by atoms with Gasteiger partial charge in [0.05, 0.1) is 0 Å². The first kappa shape index (κ1) is 18.6. The van der Waals surface area contributed by atoms with Gasteiger partial charge >= 0.3 is 0 Å². The third-order valence-electron chi connectivity index (χ3n) is 2.62. The molecule has 0 amide bonds. The molecule has 0 fully saturated rings. The van der Waals surface area contributed by atoms with Gasteiger partial charge in [-0.2, -0.15) is 0 Å². The maximum absolute atomic E-state index is 2.25. The zero-order valence-electron chi connectivity index (χ0n) is 12.3. The van der Waals surface area contributed by atoms with Crippen molar-refractivity contribution in [2.24, 2.45) is 0 Å². The van der Waals surface area contributed by atoms with E-state index in [2.05, 4.69) is 65.8 Å². The number of hydrogen-bond acceptors (Lipinski definition) is 0. The van der Waals surface area contributed by atoms with Crippen molar-refractivity contribution < 1.29 is 0 Å². The molecule has 0 N–H and O–H groups in total. The minimum atomic E-state index is 0. The standard InChI is InChI=1S/C14H22.C2H6.CH4/c1-13(2,3)11-7-9-12(10-8-11)14(4,5)6;1-2;/h7-10H,1-6H3;1-2H3;1H4. The fraction of sp³-hybridized carbons (Fsp3) is 0.647. The first-order chi connectivity index (χ1) is 7.21. The van der Waals surface area contributed by atoms with E-state index in [0.29, 0.717) is 0 Å². The van der Waals surface area contributed by atoms with Gasteiger partial charge in [-0.15, -0.1) is 0 Å². The van der Waals surface area contributed by atoms with E-state index in [1.165, 1.54) is 11.1 Å². The third kappa shape index (κ3) is 5.91. The van der Waals surface area contributed by atoms with Crippen molar-refractivity contribution in [2.45, 2.75) is 73.6 Å². The quantitative estimate of drug-likeness (QED) is 0.522. The molecule has 0 atom stereocenters. The Morgan fingerprint density at radius 2 is 0.765 bits per heavy atom. The third-order valence-corrected chi connectivity index (χ3v) is 2.62. The molecule has 0 unspecified atom stereocenters. The van der Waals surface area contributed by atoms with E-state index in [9.17, 15) is 0 Å². The Kier molecular flexibility index (Phi) is 7.47. The minimum absolute atomic E-state index is 0. The van der Waals surface area contributed by atoms with Crippen LogP contribution in [0.25, 0.3) is 0 Å². The molecule has 1 aromatic carbocycles. The Bertz CT molecular complexity index is 257. The highest BCUT2D eigenvalue weighted by atomic mass is 14.2. The van der Waals surface area contributed by atoms with Gasteiger partial charge in [-0.1, -0.05) is 87.1 Å². The molecular formula is C17H32. The van der Waals surface area contributed by atoms with Crippen molar-refractivity contribution >= 4 is 0 Å². The number of rotatable bonds is 0. The molecule has 0 bridgehead atoms. The van der Waals surface area contributed by atoms with Gasteiger partial charge in [0.25, 0.3) is 0 Å². The largest absolute Gasteiger partial charge is 0.0776 e. The van der Waals surface area contributed by atoms with Crippen LogP contribution >= 0.6 is 0 Å². The Balaban J connectivity index is 0. The van der Waals surface area contributed by atoms with Crippen LogP contribution in [0.2, 0.25) is 0 Å². The summed E-state index contributed by atoms with van der Waals surface area (Å²) in [6, 6.07) is 9.00. The Hall–Kier alpha value is -0.780. The van der Waals surface area contributed by atoms with Gasteiger partial charge in [0.2, 0.25) is 0 Å². The Labute approximate surface area is 109 Å². The molecular weight excluding hydrogens is 204 g/mol. The Morgan fingerprint density at radius 1 is 0.588 bits per heavy atom. The molecule has 0 saturated carbocycles. The maximum Gasteiger partial charge on any atom is -0.0132 e. The number of hydrogen-bond donors (Lipinski definition) is 0. The highest BCUT2D eigenvalue weighted by Crippen LogP contribution is 2.26. The van der Waals surface area contributed by atoms with Crippen LogP contribution < -0.4 is 0 Å². The van der Waals surface area contributed by atoms with Gasteiger partial charge in [-0.25, -0.2) is 0 Å². The van der Waals surface area contributed by atoms with Crippen LogP contribution in [0.5, 0.6) is 0 Å². The second-order valence-electron chi connectivity index (χ2n) is 6.08.